The summed E-state index contributed by atoms with van der Waals surface area (Å²) < 4.78 is 4.86. The number of carbonyl (C=O) groups is 1. The molecule has 0 amide bonds. The van der Waals surface area contributed by atoms with Crippen molar-refractivity contribution >= 4 is 18.4 Å². The van der Waals surface area contributed by atoms with Crippen LogP contribution in [0.3, 0.4) is 0 Å². The molecular weight excluding hydrogens is 258 g/mol. The maximum atomic E-state index is 11.6. The van der Waals surface area contributed by atoms with Gasteiger partial charge in [0.2, 0.25) is 0 Å². The summed E-state index contributed by atoms with van der Waals surface area (Å²) in [5, 5.41) is 18.5. The number of esters is 1. The summed E-state index contributed by atoms with van der Waals surface area (Å²) >= 11 is 0. The Morgan fingerprint density at radius 3 is 2.50 bits per heavy atom. The maximum absolute atomic E-state index is 11.6. The van der Waals surface area contributed by atoms with Crippen LogP contribution in [0.4, 0.5) is 0 Å². The molecule has 0 spiro atoms. The second-order valence-electron chi connectivity index (χ2n) is 4.14. The van der Waals surface area contributed by atoms with E-state index in [4.69, 9.17) is 15.6 Å². The molecule has 4 N–H and O–H groups in total. The predicted molar refractivity (Wildman–Crippen MR) is 69.9 cm³/mol. The highest BCUT2D eigenvalue weighted by Crippen LogP contribution is 2.26. The van der Waals surface area contributed by atoms with Gasteiger partial charge < -0.3 is 20.7 Å². The van der Waals surface area contributed by atoms with Crippen molar-refractivity contribution in [2.75, 3.05) is 6.61 Å². The molecule has 1 rings (SSSR count). The van der Waals surface area contributed by atoms with Gasteiger partial charge in [-0.25, -0.2) is 0 Å². The molecule has 102 valence electrons. The largest absolute Gasteiger partial charge is 0.504 e. The molecule has 6 heteroatoms. The lowest BCUT2D eigenvalue weighted by Gasteiger charge is -2.22. The molecule has 0 aliphatic rings. The number of aromatic hydroxyl groups is 2. The van der Waals surface area contributed by atoms with Crippen LogP contribution in [-0.4, -0.2) is 28.3 Å². The SMILES string of the molecule is CCOC(=O)C(C)(N)Cc1ccc(O)c(O)c1.Cl. The van der Waals surface area contributed by atoms with Crippen LogP contribution in [-0.2, 0) is 16.0 Å². The van der Waals surface area contributed by atoms with Crippen molar-refractivity contribution in [3.8, 4) is 11.5 Å². The highest BCUT2D eigenvalue weighted by Gasteiger charge is 2.30. The van der Waals surface area contributed by atoms with Crippen LogP contribution in [0.5, 0.6) is 11.5 Å². The van der Waals surface area contributed by atoms with Gasteiger partial charge in [-0.2, -0.15) is 0 Å². The summed E-state index contributed by atoms with van der Waals surface area (Å²) in [6.07, 6.45) is 0.222. The van der Waals surface area contributed by atoms with Gasteiger partial charge in [-0.05, 0) is 31.5 Å². The second-order valence-corrected chi connectivity index (χ2v) is 4.14. The smallest absolute Gasteiger partial charge is 0.326 e. The molecular formula is C12H18ClNO4. The van der Waals surface area contributed by atoms with Gasteiger partial charge in [0.1, 0.15) is 5.54 Å². The van der Waals surface area contributed by atoms with Crippen LogP contribution in [0.1, 0.15) is 19.4 Å². The lowest BCUT2D eigenvalue weighted by Crippen LogP contribution is -2.48. The molecule has 1 aromatic rings. The summed E-state index contributed by atoms with van der Waals surface area (Å²) in [7, 11) is 0. The lowest BCUT2D eigenvalue weighted by molar-refractivity contribution is -0.148. The van der Waals surface area contributed by atoms with Crippen LogP contribution in [0.15, 0.2) is 18.2 Å². The molecule has 0 radical (unpaired) electrons. The fourth-order valence-electron chi connectivity index (χ4n) is 1.47. The number of hydrogen-bond donors (Lipinski definition) is 3. The normalized spacial score (nSPS) is 13.3. The molecule has 0 saturated heterocycles. The van der Waals surface area contributed by atoms with Crippen LogP contribution in [0, 0.1) is 0 Å². The third kappa shape index (κ3) is 4.09. The Hall–Kier alpha value is -1.46. The van der Waals surface area contributed by atoms with Crippen molar-refractivity contribution in [1.29, 1.82) is 0 Å². The van der Waals surface area contributed by atoms with Crippen molar-refractivity contribution in [2.24, 2.45) is 5.73 Å². The van der Waals surface area contributed by atoms with Gasteiger partial charge in [0.05, 0.1) is 6.61 Å². The zero-order valence-electron chi connectivity index (χ0n) is 10.3. The van der Waals surface area contributed by atoms with Crippen molar-refractivity contribution in [3.63, 3.8) is 0 Å². The van der Waals surface area contributed by atoms with E-state index in [9.17, 15) is 9.90 Å². The second kappa shape index (κ2) is 6.47. The Morgan fingerprint density at radius 2 is 2.00 bits per heavy atom. The van der Waals surface area contributed by atoms with Gasteiger partial charge in [0, 0.05) is 6.42 Å². The summed E-state index contributed by atoms with van der Waals surface area (Å²) in [5.41, 5.74) is 5.35. The number of benzene rings is 1. The molecule has 0 aliphatic carbocycles. The maximum Gasteiger partial charge on any atom is 0.326 e. The molecule has 1 atom stereocenters. The average Bonchev–Trinajstić information content (AvgIpc) is 2.23. The zero-order valence-corrected chi connectivity index (χ0v) is 11.2. The molecule has 0 fully saturated rings. The summed E-state index contributed by atoms with van der Waals surface area (Å²) in [5.74, 6) is -0.932. The van der Waals surface area contributed by atoms with Crippen molar-refractivity contribution in [1.82, 2.24) is 0 Å². The Bertz CT molecular complexity index is 421. The molecule has 0 heterocycles. The first-order valence-electron chi connectivity index (χ1n) is 5.34. The van der Waals surface area contributed by atoms with Crippen molar-refractivity contribution in [2.45, 2.75) is 25.8 Å². The minimum atomic E-state index is -1.15. The molecule has 1 unspecified atom stereocenters. The number of carbonyl (C=O) groups excluding carboxylic acids is 1. The van der Waals surface area contributed by atoms with Crippen molar-refractivity contribution < 1.29 is 19.7 Å². The van der Waals surface area contributed by atoms with E-state index >= 15 is 0 Å². The number of hydrogen-bond acceptors (Lipinski definition) is 5. The summed E-state index contributed by atoms with van der Waals surface area (Å²) in [4.78, 5) is 11.6. The van der Waals surface area contributed by atoms with Crippen LogP contribution in [0.25, 0.3) is 0 Å². The van der Waals surface area contributed by atoms with Crippen LogP contribution < -0.4 is 5.73 Å². The monoisotopic (exact) mass is 275 g/mol. The topological polar surface area (TPSA) is 92.8 Å². The highest BCUT2D eigenvalue weighted by atomic mass is 35.5. The van der Waals surface area contributed by atoms with E-state index < -0.39 is 11.5 Å². The fraction of sp³-hybridized carbons (Fsp3) is 0.417. The van der Waals surface area contributed by atoms with Gasteiger partial charge in [-0.3, -0.25) is 4.79 Å². The first-order valence-corrected chi connectivity index (χ1v) is 5.34. The van der Waals surface area contributed by atoms with Crippen molar-refractivity contribution in [3.05, 3.63) is 23.8 Å². The molecule has 18 heavy (non-hydrogen) atoms. The Balaban J connectivity index is 0.00000289. The number of halogens is 1. The predicted octanol–water partition coefficient (Wildman–Crippen LogP) is 1.34. The van der Waals surface area contributed by atoms with E-state index in [-0.39, 0.29) is 36.9 Å². The molecule has 0 aliphatic heterocycles. The zero-order chi connectivity index (χ0) is 13.1. The molecule has 0 saturated carbocycles. The minimum Gasteiger partial charge on any atom is -0.504 e. The number of phenols is 2. The van der Waals surface area contributed by atoms with E-state index in [2.05, 4.69) is 0 Å². The van der Waals surface area contributed by atoms with E-state index in [0.717, 1.165) is 0 Å². The average molecular weight is 276 g/mol. The highest BCUT2D eigenvalue weighted by molar-refractivity contribution is 5.85. The van der Waals surface area contributed by atoms with Gasteiger partial charge in [0.25, 0.3) is 0 Å². The van der Waals surface area contributed by atoms with Crippen LogP contribution >= 0.6 is 12.4 Å². The standard InChI is InChI=1S/C12H17NO4.ClH/c1-3-17-11(16)12(2,13)7-8-4-5-9(14)10(15)6-8;/h4-6,14-15H,3,7,13H2,1-2H3;1H. The summed E-state index contributed by atoms with van der Waals surface area (Å²) in [6.45, 7) is 3.54. The quantitative estimate of drug-likeness (QED) is 0.570. The number of ether oxygens (including phenoxy) is 1. The van der Waals surface area contributed by atoms with Gasteiger partial charge in [-0.15, -0.1) is 12.4 Å². The van der Waals surface area contributed by atoms with Gasteiger partial charge in [-0.1, -0.05) is 6.07 Å². The number of phenolic OH excluding ortho intramolecular Hbond substituents is 2. The van der Waals surface area contributed by atoms with Gasteiger partial charge >= 0.3 is 5.97 Å². The number of rotatable bonds is 4. The third-order valence-corrected chi connectivity index (χ3v) is 2.35. The van der Waals surface area contributed by atoms with Crippen LogP contribution in [0.2, 0.25) is 0 Å². The number of nitrogens with two attached hydrogens (primary N) is 1. The Morgan fingerprint density at radius 1 is 1.39 bits per heavy atom. The Kier molecular flexibility index (Phi) is 5.94. The molecule has 5 nitrogen and oxygen atoms in total. The first kappa shape index (κ1) is 16.5. The first-order chi connectivity index (χ1) is 7.86. The molecule has 1 aromatic carbocycles. The third-order valence-electron chi connectivity index (χ3n) is 2.35. The Labute approximate surface area is 112 Å². The van der Waals surface area contributed by atoms with Gasteiger partial charge in [0.15, 0.2) is 11.5 Å². The van der Waals surface area contributed by atoms with E-state index in [1.807, 2.05) is 0 Å². The molecule has 0 bridgehead atoms. The van der Waals surface area contributed by atoms with E-state index in [1.165, 1.54) is 12.1 Å². The lowest BCUT2D eigenvalue weighted by atomic mass is 9.94. The minimum absolute atomic E-state index is 0. The summed E-state index contributed by atoms with van der Waals surface area (Å²) in [6, 6.07) is 4.32. The van der Waals surface area contributed by atoms with E-state index in [1.54, 1.807) is 19.9 Å². The fourth-order valence-corrected chi connectivity index (χ4v) is 1.47. The molecule has 0 aromatic heterocycles. The van der Waals surface area contributed by atoms with E-state index in [0.29, 0.717) is 5.56 Å².